The van der Waals surface area contributed by atoms with E-state index in [0.29, 0.717) is 29.9 Å². The van der Waals surface area contributed by atoms with Crippen LogP contribution in [0.3, 0.4) is 0 Å². The van der Waals surface area contributed by atoms with Crippen LogP contribution in [0.15, 0.2) is 7.86 Å². The molecule has 0 rings (SSSR count). The van der Waals surface area contributed by atoms with Crippen LogP contribution < -0.4 is 0 Å². The van der Waals surface area contributed by atoms with Crippen LogP contribution in [-0.2, 0) is 0 Å². The standard InChI is InChI=1S/C4H6Cl2Se2/c1-7-3(5)4(6)8-2/h1-2H3/b4-3+. The number of hydrogen-bond acceptors (Lipinski definition) is 0. The monoisotopic (exact) mass is 284 g/mol. The Bertz CT molecular complexity index is 88.2. The molecule has 8 heavy (non-hydrogen) atoms. The third-order valence-electron chi connectivity index (χ3n) is 0.513. The molecule has 0 atom stereocenters. The average molecular weight is 283 g/mol. The van der Waals surface area contributed by atoms with Gasteiger partial charge in [-0.25, -0.2) is 0 Å². The quantitative estimate of drug-likeness (QED) is 0.681. The van der Waals surface area contributed by atoms with E-state index in [2.05, 4.69) is 11.6 Å². The van der Waals surface area contributed by atoms with E-state index in [0.717, 1.165) is 7.86 Å². The Balaban J connectivity index is 3.83. The first-order chi connectivity index (χ1) is 3.72. The maximum absolute atomic E-state index is 5.71. The SMILES string of the molecule is C[Se]/C(Cl)=C(\Cl)[Se]C. The van der Waals surface area contributed by atoms with Crippen LogP contribution in [0.25, 0.3) is 0 Å². The fourth-order valence-electron chi connectivity index (χ4n) is 0.160. The Morgan fingerprint density at radius 2 is 1.25 bits per heavy atom. The molecule has 0 heterocycles. The van der Waals surface area contributed by atoms with Crippen LogP contribution in [-0.4, -0.2) is 29.9 Å². The third-order valence-corrected chi connectivity index (χ3v) is 6.12. The molecule has 0 saturated carbocycles. The Kier molecular flexibility index (Phi) is 6.05. The predicted octanol–water partition coefficient (Wildman–Crippen LogP) is 2.10. The van der Waals surface area contributed by atoms with Crippen LogP contribution in [0.5, 0.6) is 0 Å². The van der Waals surface area contributed by atoms with Gasteiger partial charge in [-0.15, -0.1) is 0 Å². The molecule has 0 bridgehead atoms. The van der Waals surface area contributed by atoms with E-state index in [1.165, 1.54) is 0 Å². The minimum absolute atomic E-state index is 0.385. The molecule has 0 aromatic heterocycles. The van der Waals surface area contributed by atoms with Gasteiger partial charge in [0.2, 0.25) is 0 Å². The van der Waals surface area contributed by atoms with Crippen molar-refractivity contribution in [3.8, 4) is 0 Å². The Hall–Kier alpha value is 1.36. The van der Waals surface area contributed by atoms with Gasteiger partial charge in [0, 0.05) is 0 Å². The van der Waals surface area contributed by atoms with Gasteiger partial charge in [-0.1, -0.05) is 0 Å². The fourth-order valence-corrected chi connectivity index (χ4v) is 3.45. The van der Waals surface area contributed by atoms with Crippen LogP contribution in [0, 0.1) is 0 Å². The van der Waals surface area contributed by atoms with E-state index in [-0.39, 0.29) is 0 Å². The van der Waals surface area contributed by atoms with E-state index >= 15 is 0 Å². The summed E-state index contributed by atoms with van der Waals surface area (Å²) in [6, 6.07) is 0. The summed E-state index contributed by atoms with van der Waals surface area (Å²) < 4.78 is 1.75. The molecule has 0 aromatic carbocycles. The van der Waals surface area contributed by atoms with E-state index in [9.17, 15) is 0 Å². The van der Waals surface area contributed by atoms with Gasteiger partial charge in [-0.3, -0.25) is 0 Å². The van der Waals surface area contributed by atoms with Crippen molar-refractivity contribution < 1.29 is 0 Å². The first-order valence-electron chi connectivity index (χ1n) is 1.85. The van der Waals surface area contributed by atoms with E-state index in [1.54, 1.807) is 0 Å². The van der Waals surface area contributed by atoms with Crippen molar-refractivity contribution in [2.75, 3.05) is 0 Å². The molecule has 0 unspecified atom stereocenters. The molecule has 0 saturated heterocycles. The average Bonchev–Trinajstić information content (AvgIpc) is 1.84. The summed E-state index contributed by atoms with van der Waals surface area (Å²) in [5.41, 5.74) is 0. The fraction of sp³-hybridized carbons (Fsp3) is 0.500. The van der Waals surface area contributed by atoms with Gasteiger partial charge in [-0.2, -0.15) is 0 Å². The topological polar surface area (TPSA) is 0 Å². The second-order valence-electron chi connectivity index (χ2n) is 0.956. The van der Waals surface area contributed by atoms with Crippen LogP contribution in [0.4, 0.5) is 0 Å². The van der Waals surface area contributed by atoms with Crippen molar-refractivity contribution in [1.82, 2.24) is 0 Å². The second-order valence-corrected chi connectivity index (χ2v) is 6.15. The first kappa shape index (κ1) is 9.36. The number of hydrogen-bond donors (Lipinski definition) is 0. The maximum atomic E-state index is 5.71. The summed E-state index contributed by atoms with van der Waals surface area (Å²) in [4.78, 5) is 0. The van der Waals surface area contributed by atoms with Crippen LogP contribution in [0.2, 0.25) is 11.6 Å². The first-order valence-corrected chi connectivity index (χ1v) is 7.75. The van der Waals surface area contributed by atoms with Gasteiger partial charge in [0.15, 0.2) is 0 Å². The summed E-state index contributed by atoms with van der Waals surface area (Å²) in [6.07, 6.45) is 0. The molecule has 0 aliphatic rings. The molecule has 0 fully saturated rings. The van der Waals surface area contributed by atoms with E-state index < -0.39 is 0 Å². The summed E-state index contributed by atoms with van der Waals surface area (Å²) in [6.45, 7) is 0. The molecule has 0 amide bonds. The van der Waals surface area contributed by atoms with Crippen molar-refractivity contribution in [3.05, 3.63) is 7.86 Å². The molecule has 0 nitrogen and oxygen atoms in total. The molecule has 48 valence electrons. The van der Waals surface area contributed by atoms with Gasteiger partial charge in [0.05, 0.1) is 0 Å². The summed E-state index contributed by atoms with van der Waals surface area (Å²) in [5, 5.41) is 0. The molecule has 0 aliphatic carbocycles. The van der Waals surface area contributed by atoms with Crippen LogP contribution in [0.1, 0.15) is 0 Å². The molecule has 0 aliphatic heterocycles. The molecule has 0 spiro atoms. The van der Waals surface area contributed by atoms with E-state index in [4.69, 9.17) is 23.2 Å². The zero-order valence-electron chi connectivity index (χ0n) is 4.57. The van der Waals surface area contributed by atoms with Gasteiger partial charge >= 0.3 is 72.6 Å². The van der Waals surface area contributed by atoms with Crippen molar-refractivity contribution in [2.45, 2.75) is 11.6 Å². The summed E-state index contributed by atoms with van der Waals surface area (Å²) in [5.74, 6) is 4.12. The Labute approximate surface area is 72.3 Å². The predicted molar refractivity (Wildman–Crippen MR) is 42.0 cm³/mol. The second kappa shape index (κ2) is 5.17. The molecule has 0 radical (unpaired) electrons. The van der Waals surface area contributed by atoms with Crippen molar-refractivity contribution in [3.63, 3.8) is 0 Å². The molecular formula is C4H6Cl2Se2. The van der Waals surface area contributed by atoms with Crippen LogP contribution >= 0.6 is 23.2 Å². The summed E-state index contributed by atoms with van der Waals surface area (Å²) in [7, 11) is 0. The molecular weight excluding hydrogens is 277 g/mol. The van der Waals surface area contributed by atoms with Gasteiger partial charge in [0.25, 0.3) is 0 Å². The van der Waals surface area contributed by atoms with Gasteiger partial charge < -0.3 is 0 Å². The normalized spacial score (nSPS) is 13.5. The Morgan fingerprint density at radius 3 is 1.38 bits per heavy atom. The van der Waals surface area contributed by atoms with Crippen molar-refractivity contribution in [2.24, 2.45) is 0 Å². The Morgan fingerprint density at radius 1 is 1.00 bits per heavy atom. The van der Waals surface area contributed by atoms with Crippen molar-refractivity contribution >= 4 is 53.1 Å². The summed E-state index contributed by atoms with van der Waals surface area (Å²) >= 11 is 12.2. The molecule has 4 heteroatoms. The number of rotatable bonds is 2. The molecule has 0 N–H and O–H groups in total. The van der Waals surface area contributed by atoms with Gasteiger partial charge in [-0.05, 0) is 0 Å². The zero-order chi connectivity index (χ0) is 6.57. The third kappa shape index (κ3) is 3.40. The zero-order valence-corrected chi connectivity index (χ0v) is 9.51. The number of halogens is 2. The van der Waals surface area contributed by atoms with Gasteiger partial charge in [0.1, 0.15) is 0 Å². The molecule has 0 aromatic rings. The van der Waals surface area contributed by atoms with Crippen molar-refractivity contribution in [1.29, 1.82) is 0 Å². The van der Waals surface area contributed by atoms with E-state index in [1.807, 2.05) is 0 Å². The minimum atomic E-state index is 0.385.